The molecule has 0 aliphatic heterocycles. The largest absolute Gasteiger partial charge is 0.329 e. The van der Waals surface area contributed by atoms with E-state index < -0.39 is 0 Å². The molecule has 0 spiro atoms. The lowest BCUT2D eigenvalue weighted by Crippen LogP contribution is -2.40. The molecule has 0 atom stereocenters. The molecule has 4 N–H and O–H groups in total. The lowest BCUT2D eigenvalue weighted by atomic mass is 9.85. The molecule has 1 amide bonds. The number of amides is 1. The number of hydrogen-bond donors (Lipinski definition) is 3. The number of rotatable bonds is 3. The maximum absolute atomic E-state index is 12.3. The minimum Gasteiger partial charge on any atom is -0.329 e. The Morgan fingerprint density at radius 2 is 2.12 bits per heavy atom. The van der Waals surface area contributed by atoms with Crippen LogP contribution < -0.4 is 11.1 Å². The molecule has 1 aliphatic rings. The van der Waals surface area contributed by atoms with Crippen molar-refractivity contribution in [1.29, 1.82) is 0 Å². The van der Waals surface area contributed by atoms with Gasteiger partial charge in [-0.2, -0.15) is 5.10 Å². The van der Waals surface area contributed by atoms with Gasteiger partial charge in [-0.05, 0) is 26.7 Å². The molecule has 1 fully saturated rings. The van der Waals surface area contributed by atoms with Crippen molar-refractivity contribution >= 4 is 11.7 Å². The Balaban J connectivity index is 2.13. The summed E-state index contributed by atoms with van der Waals surface area (Å²) in [6, 6.07) is 0. The summed E-state index contributed by atoms with van der Waals surface area (Å²) in [7, 11) is 0. The number of hydrogen-bond acceptors (Lipinski definition) is 3. The van der Waals surface area contributed by atoms with Crippen LogP contribution in [-0.2, 0) is 4.79 Å². The molecule has 17 heavy (non-hydrogen) atoms. The van der Waals surface area contributed by atoms with Gasteiger partial charge in [-0.25, -0.2) is 0 Å². The van der Waals surface area contributed by atoms with Gasteiger partial charge in [-0.1, -0.05) is 12.8 Å². The summed E-state index contributed by atoms with van der Waals surface area (Å²) in [5.41, 5.74) is 7.37. The fraction of sp³-hybridized carbons (Fsp3) is 0.667. The van der Waals surface area contributed by atoms with Gasteiger partial charge < -0.3 is 11.1 Å². The minimum atomic E-state index is -0.376. The second-order valence-electron chi connectivity index (χ2n) is 4.97. The molecule has 5 heteroatoms. The van der Waals surface area contributed by atoms with Crippen LogP contribution in [0.3, 0.4) is 0 Å². The highest BCUT2D eigenvalue weighted by atomic mass is 16.2. The maximum atomic E-state index is 12.3. The highest BCUT2D eigenvalue weighted by Gasteiger charge is 2.40. The molecule has 5 nitrogen and oxygen atoms in total. The van der Waals surface area contributed by atoms with Crippen LogP contribution in [0, 0.1) is 19.3 Å². The third kappa shape index (κ3) is 2.07. The smallest absolute Gasteiger partial charge is 0.233 e. The van der Waals surface area contributed by atoms with Crippen LogP contribution in [0.15, 0.2) is 0 Å². The van der Waals surface area contributed by atoms with E-state index in [1.807, 2.05) is 13.8 Å². The number of nitrogens with two attached hydrogens (primary N) is 1. The zero-order chi connectivity index (χ0) is 12.5. The molecule has 1 aromatic heterocycles. The highest BCUT2D eigenvalue weighted by molar-refractivity contribution is 5.95. The molecular weight excluding hydrogens is 216 g/mol. The number of aromatic nitrogens is 2. The molecule has 2 rings (SSSR count). The van der Waals surface area contributed by atoms with Crippen LogP contribution in [0.4, 0.5) is 5.82 Å². The van der Waals surface area contributed by atoms with Crippen LogP contribution in [0.25, 0.3) is 0 Å². The predicted molar refractivity (Wildman–Crippen MR) is 66.6 cm³/mol. The van der Waals surface area contributed by atoms with Crippen LogP contribution in [0.1, 0.15) is 36.9 Å². The average molecular weight is 236 g/mol. The summed E-state index contributed by atoms with van der Waals surface area (Å²) >= 11 is 0. The first kappa shape index (κ1) is 12.1. The van der Waals surface area contributed by atoms with Gasteiger partial charge in [0.1, 0.15) is 0 Å². The Kier molecular flexibility index (Phi) is 3.19. The van der Waals surface area contributed by atoms with E-state index >= 15 is 0 Å². The summed E-state index contributed by atoms with van der Waals surface area (Å²) in [5.74, 6) is 0.652. The molecule has 1 aliphatic carbocycles. The summed E-state index contributed by atoms with van der Waals surface area (Å²) in [6.07, 6.45) is 3.95. The third-order valence-electron chi connectivity index (χ3n) is 3.92. The Morgan fingerprint density at radius 1 is 1.47 bits per heavy atom. The lowest BCUT2D eigenvalue weighted by Gasteiger charge is -2.25. The topological polar surface area (TPSA) is 83.8 Å². The summed E-state index contributed by atoms with van der Waals surface area (Å²) in [6.45, 7) is 4.30. The number of carbonyl (C=O) groups is 1. The fourth-order valence-corrected chi connectivity index (χ4v) is 2.42. The molecule has 1 saturated carbocycles. The van der Waals surface area contributed by atoms with E-state index in [0.717, 1.165) is 36.9 Å². The van der Waals surface area contributed by atoms with E-state index in [4.69, 9.17) is 5.73 Å². The first-order valence-corrected chi connectivity index (χ1v) is 6.12. The Hall–Kier alpha value is -1.36. The summed E-state index contributed by atoms with van der Waals surface area (Å²) in [5, 5.41) is 9.87. The van der Waals surface area contributed by atoms with Gasteiger partial charge >= 0.3 is 0 Å². The second kappa shape index (κ2) is 4.49. The normalized spacial score (nSPS) is 18.3. The van der Waals surface area contributed by atoms with Crippen LogP contribution in [0.2, 0.25) is 0 Å². The SMILES string of the molecule is Cc1[nH]nc(NC(=O)C2(CN)CCCC2)c1C. The number of aryl methyl sites for hydroxylation is 1. The van der Waals surface area contributed by atoms with E-state index in [1.54, 1.807) is 0 Å². The fourth-order valence-electron chi connectivity index (χ4n) is 2.42. The summed E-state index contributed by atoms with van der Waals surface area (Å²) in [4.78, 5) is 12.3. The lowest BCUT2D eigenvalue weighted by molar-refractivity contribution is -0.124. The van der Waals surface area contributed by atoms with Crippen LogP contribution in [0.5, 0.6) is 0 Å². The molecule has 1 heterocycles. The standard InChI is InChI=1S/C12H20N4O/c1-8-9(2)15-16-10(8)14-11(17)12(7-13)5-3-4-6-12/h3-7,13H2,1-2H3,(H2,14,15,16,17). The number of anilines is 1. The van der Waals surface area contributed by atoms with Gasteiger partial charge in [-0.15, -0.1) is 0 Å². The zero-order valence-electron chi connectivity index (χ0n) is 10.5. The number of carbonyl (C=O) groups excluding carboxylic acids is 1. The Bertz CT molecular complexity index is 418. The Labute approximate surface area is 101 Å². The molecular formula is C12H20N4O. The van der Waals surface area contributed by atoms with E-state index in [-0.39, 0.29) is 11.3 Å². The number of nitrogens with zero attached hydrogens (tertiary/aromatic N) is 1. The third-order valence-corrected chi connectivity index (χ3v) is 3.92. The average Bonchev–Trinajstić information content (AvgIpc) is 2.92. The predicted octanol–water partition coefficient (Wildman–Crippen LogP) is 1.48. The molecule has 1 aromatic rings. The monoisotopic (exact) mass is 236 g/mol. The second-order valence-corrected chi connectivity index (χ2v) is 4.97. The van der Waals surface area contributed by atoms with Crippen molar-refractivity contribution in [2.75, 3.05) is 11.9 Å². The quantitative estimate of drug-likeness (QED) is 0.743. The zero-order valence-corrected chi connectivity index (χ0v) is 10.5. The van der Waals surface area contributed by atoms with Gasteiger partial charge in [0.05, 0.1) is 5.41 Å². The van der Waals surface area contributed by atoms with Crippen molar-refractivity contribution in [3.8, 4) is 0 Å². The highest BCUT2D eigenvalue weighted by Crippen LogP contribution is 2.38. The number of H-pyrrole nitrogens is 1. The van der Waals surface area contributed by atoms with Crippen LogP contribution >= 0.6 is 0 Å². The molecule has 0 radical (unpaired) electrons. The van der Waals surface area contributed by atoms with E-state index in [1.165, 1.54) is 0 Å². The molecule has 0 aromatic carbocycles. The van der Waals surface area contributed by atoms with Crippen molar-refractivity contribution in [2.24, 2.45) is 11.1 Å². The minimum absolute atomic E-state index is 0.0205. The van der Waals surface area contributed by atoms with Crippen molar-refractivity contribution in [2.45, 2.75) is 39.5 Å². The van der Waals surface area contributed by atoms with Crippen molar-refractivity contribution in [3.63, 3.8) is 0 Å². The van der Waals surface area contributed by atoms with Gasteiger partial charge in [0.2, 0.25) is 5.91 Å². The van der Waals surface area contributed by atoms with Gasteiger partial charge in [0.25, 0.3) is 0 Å². The Morgan fingerprint density at radius 3 is 2.59 bits per heavy atom. The molecule has 0 bridgehead atoms. The van der Waals surface area contributed by atoms with E-state index in [9.17, 15) is 4.79 Å². The van der Waals surface area contributed by atoms with Crippen molar-refractivity contribution in [3.05, 3.63) is 11.3 Å². The van der Waals surface area contributed by atoms with Crippen molar-refractivity contribution < 1.29 is 4.79 Å². The first-order valence-electron chi connectivity index (χ1n) is 6.12. The van der Waals surface area contributed by atoms with Gasteiger partial charge in [0, 0.05) is 17.8 Å². The molecule has 0 unspecified atom stereocenters. The van der Waals surface area contributed by atoms with E-state index in [2.05, 4.69) is 15.5 Å². The van der Waals surface area contributed by atoms with Crippen molar-refractivity contribution in [1.82, 2.24) is 10.2 Å². The van der Waals surface area contributed by atoms with E-state index in [0.29, 0.717) is 12.4 Å². The maximum Gasteiger partial charge on any atom is 0.233 e. The van der Waals surface area contributed by atoms with Crippen LogP contribution in [-0.4, -0.2) is 22.6 Å². The first-order chi connectivity index (χ1) is 8.09. The molecule has 94 valence electrons. The van der Waals surface area contributed by atoms with Gasteiger partial charge in [-0.3, -0.25) is 9.89 Å². The molecule has 0 saturated heterocycles. The number of nitrogens with one attached hydrogen (secondary N) is 2. The van der Waals surface area contributed by atoms with Gasteiger partial charge in [0.15, 0.2) is 5.82 Å². The summed E-state index contributed by atoms with van der Waals surface area (Å²) < 4.78 is 0. The number of aromatic amines is 1.